The van der Waals surface area contributed by atoms with Gasteiger partial charge in [0.1, 0.15) is 5.82 Å². The fourth-order valence-electron chi connectivity index (χ4n) is 1.77. The van der Waals surface area contributed by atoms with Crippen LogP contribution in [0.4, 0.5) is 4.39 Å². The van der Waals surface area contributed by atoms with Gasteiger partial charge < -0.3 is 10.3 Å². The Balaban J connectivity index is 2.44. The fraction of sp³-hybridized carbons (Fsp3) is 0.385. The first-order valence-corrected chi connectivity index (χ1v) is 6.47. The molecule has 0 atom stereocenters. The van der Waals surface area contributed by atoms with Crippen molar-refractivity contribution >= 4 is 11.6 Å². The lowest BCUT2D eigenvalue weighted by Crippen LogP contribution is -2.36. The first kappa shape index (κ1) is 14.0. The molecule has 6 heteroatoms. The van der Waals surface area contributed by atoms with Gasteiger partial charge in [-0.25, -0.2) is 4.39 Å². The standard InChI is InChI=1S/C13H15ClFN3O/c1-3-13(16,4-2)12-17-11(19-18-12)8-6-5-7-9(15)10(8)14/h5-7H,3-4,16H2,1-2H3. The van der Waals surface area contributed by atoms with E-state index in [1.54, 1.807) is 6.07 Å². The first-order valence-electron chi connectivity index (χ1n) is 6.09. The molecule has 2 aromatic rings. The predicted molar refractivity (Wildman–Crippen MR) is 71.1 cm³/mol. The fourth-order valence-corrected chi connectivity index (χ4v) is 1.98. The maximum atomic E-state index is 13.4. The molecule has 0 saturated carbocycles. The summed E-state index contributed by atoms with van der Waals surface area (Å²) >= 11 is 5.88. The molecular weight excluding hydrogens is 269 g/mol. The molecule has 0 fully saturated rings. The van der Waals surface area contributed by atoms with Crippen LogP contribution in [0.5, 0.6) is 0 Å². The molecule has 0 aliphatic rings. The van der Waals surface area contributed by atoms with Gasteiger partial charge in [0.05, 0.1) is 16.1 Å². The van der Waals surface area contributed by atoms with Crippen LogP contribution in [0.1, 0.15) is 32.5 Å². The number of nitrogens with two attached hydrogens (primary N) is 1. The molecule has 1 heterocycles. The van der Waals surface area contributed by atoms with Crippen LogP contribution in [0.3, 0.4) is 0 Å². The van der Waals surface area contributed by atoms with Crippen LogP contribution in [0.15, 0.2) is 22.7 Å². The van der Waals surface area contributed by atoms with E-state index in [2.05, 4.69) is 10.1 Å². The van der Waals surface area contributed by atoms with Gasteiger partial charge in [0.25, 0.3) is 5.89 Å². The van der Waals surface area contributed by atoms with Crippen LogP contribution < -0.4 is 5.73 Å². The van der Waals surface area contributed by atoms with Crippen LogP contribution in [-0.2, 0) is 5.54 Å². The molecule has 0 spiro atoms. The van der Waals surface area contributed by atoms with Crippen LogP contribution in [-0.4, -0.2) is 10.1 Å². The van der Waals surface area contributed by atoms with E-state index in [9.17, 15) is 4.39 Å². The SMILES string of the molecule is CCC(N)(CC)c1noc(-c2cccc(F)c2Cl)n1. The normalized spacial score (nSPS) is 11.8. The minimum absolute atomic E-state index is 0.0340. The van der Waals surface area contributed by atoms with Gasteiger partial charge in [0, 0.05) is 0 Å². The second-order valence-electron chi connectivity index (χ2n) is 4.39. The van der Waals surface area contributed by atoms with E-state index in [1.807, 2.05) is 13.8 Å². The Morgan fingerprint density at radius 2 is 2.05 bits per heavy atom. The average molecular weight is 284 g/mol. The van der Waals surface area contributed by atoms with Gasteiger partial charge in [-0.2, -0.15) is 4.98 Å². The summed E-state index contributed by atoms with van der Waals surface area (Å²) in [6.45, 7) is 3.91. The number of rotatable bonds is 4. The van der Waals surface area contributed by atoms with Crippen LogP contribution in [0.2, 0.25) is 5.02 Å². The number of hydrogen-bond donors (Lipinski definition) is 1. The third kappa shape index (κ3) is 2.48. The molecule has 102 valence electrons. The summed E-state index contributed by atoms with van der Waals surface area (Å²) in [5.41, 5.74) is 5.92. The van der Waals surface area contributed by atoms with E-state index < -0.39 is 11.4 Å². The Morgan fingerprint density at radius 1 is 1.37 bits per heavy atom. The van der Waals surface area contributed by atoms with E-state index in [4.69, 9.17) is 21.9 Å². The Kier molecular flexibility index (Phi) is 3.87. The molecule has 2 N–H and O–H groups in total. The number of hydrogen-bond acceptors (Lipinski definition) is 4. The third-order valence-electron chi connectivity index (χ3n) is 3.32. The van der Waals surface area contributed by atoms with Gasteiger partial charge >= 0.3 is 0 Å². The van der Waals surface area contributed by atoms with Crippen molar-refractivity contribution in [3.05, 3.63) is 34.9 Å². The van der Waals surface area contributed by atoms with E-state index in [0.29, 0.717) is 24.2 Å². The third-order valence-corrected chi connectivity index (χ3v) is 3.70. The Labute approximate surface area is 115 Å². The molecule has 1 aromatic heterocycles. The molecule has 4 nitrogen and oxygen atoms in total. The molecule has 19 heavy (non-hydrogen) atoms. The van der Waals surface area contributed by atoms with Crippen LogP contribution in [0.25, 0.3) is 11.5 Å². The van der Waals surface area contributed by atoms with E-state index in [-0.39, 0.29) is 10.9 Å². The zero-order valence-corrected chi connectivity index (χ0v) is 11.5. The van der Waals surface area contributed by atoms with Crippen molar-refractivity contribution in [1.82, 2.24) is 10.1 Å². The van der Waals surface area contributed by atoms with Crippen molar-refractivity contribution in [1.29, 1.82) is 0 Å². The number of aromatic nitrogens is 2. The van der Waals surface area contributed by atoms with Gasteiger partial charge in [-0.3, -0.25) is 0 Å². The summed E-state index contributed by atoms with van der Waals surface area (Å²) in [5, 5.41) is 3.85. The highest BCUT2D eigenvalue weighted by molar-refractivity contribution is 6.33. The second-order valence-corrected chi connectivity index (χ2v) is 4.77. The van der Waals surface area contributed by atoms with Gasteiger partial charge in [-0.05, 0) is 25.0 Å². The lowest BCUT2D eigenvalue weighted by atomic mass is 9.93. The molecule has 0 unspecified atom stereocenters. The molecule has 1 aromatic carbocycles. The quantitative estimate of drug-likeness (QED) is 0.932. The predicted octanol–water partition coefficient (Wildman–Crippen LogP) is 3.50. The monoisotopic (exact) mass is 283 g/mol. The zero-order chi connectivity index (χ0) is 14.0. The Morgan fingerprint density at radius 3 is 2.68 bits per heavy atom. The number of halogens is 2. The van der Waals surface area contributed by atoms with Gasteiger partial charge in [-0.15, -0.1) is 0 Å². The summed E-state index contributed by atoms with van der Waals surface area (Å²) < 4.78 is 18.5. The topological polar surface area (TPSA) is 64.9 Å². The summed E-state index contributed by atoms with van der Waals surface area (Å²) in [7, 11) is 0. The van der Waals surface area contributed by atoms with E-state index in [1.165, 1.54) is 12.1 Å². The molecular formula is C13H15ClFN3O. The van der Waals surface area contributed by atoms with Crippen LogP contribution in [0, 0.1) is 5.82 Å². The molecule has 0 amide bonds. The molecule has 0 bridgehead atoms. The highest BCUT2D eigenvalue weighted by atomic mass is 35.5. The molecule has 0 aliphatic carbocycles. The lowest BCUT2D eigenvalue weighted by molar-refractivity contribution is 0.350. The maximum Gasteiger partial charge on any atom is 0.259 e. The highest BCUT2D eigenvalue weighted by Crippen LogP contribution is 2.31. The smallest absolute Gasteiger partial charge is 0.259 e. The summed E-state index contributed by atoms with van der Waals surface area (Å²) in [5.74, 6) is 0.0629. The largest absolute Gasteiger partial charge is 0.334 e. The maximum absolute atomic E-state index is 13.4. The Hall–Kier alpha value is -1.46. The lowest BCUT2D eigenvalue weighted by Gasteiger charge is -2.21. The second kappa shape index (κ2) is 5.27. The summed E-state index contributed by atoms with van der Waals surface area (Å²) in [6.07, 6.45) is 1.36. The first-order chi connectivity index (χ1) is 9.01. The molecule has 0 radical (unpaired) electrons. The van der Waals surface area contributed by atoms with Crippen molar-refractivity contribution in [3.63, 3.8) is 0 Å². The van der Waals surface area contributed by atoms with Gasteiger partial charge in [0.2, 0.25) is 0 Å². The van der Waals surface area contributed by atoms with Gasteiger partial charge in [-0.1, -0.05) is 36.7 Å². The zero-order valence-electron chi connectivity index (χ0n) is 10.8. The minimum Gasteiger partial charge on any atom is -0.334 e. The van der Waals surface area contributed by atoms with Crippen molar-refractivity contribution in [3.8, 4) is 11.5 Å². The van der Waals surface area contributed by atoms with E-state index >= 15 is 0 Å². The molecule has 0 aliphatic heterocycles. The highest BCUT2D eigenvalue weighted by Gasteiger charge is 2.29. The summed E-state index contributed by atoms with van der Waals surface area (Å²) in [4.78, 5) is 4.24. The number of benzene rings is 1. The van der Waals surface area contributed by atoms with E-state index in [0.717, 1.165) is 0 Å². The van der Waals surface area contributed by atoms with Crippen molar-refractivity contribution in [2.24, 2.45) is 5.73 Å². The van der Waals surface area contributed by atoms with Crippen LogP contribution >= 0.6 is 11.6 Å². The van der Waals surface area contributed by atoms with Crippen molar-refractivity contribution in [2.45, 2.75) is 32.2 Å². The number of nitrogens with zero attached hydrogens (tertiary/aromatic N) is 2. The average Bonchev–Trinajstić information content (AvgIpc) is 2.91. The minimum atomic E-state index is -0.637. The van der Waals surface area contributed by atoms with Crippen molar-refractivity contribution in [2.75, 3.05) is 0 Å². The molecule has 0 saturated heterocycles. The van der Waals surface area contributed by atoms with Crippen molar-refractivity contribution < 1.29 is 8.91 Å². The summed E-state index contributed by atoms with van der Waals surface area (Å²) in [6, 6.07) is 4.43. The van der Waals surface area contributed by atoms with Gasteiger partial charge in [0.15, 0.2) is 5.82 Å². The Bertz CT molecular complexity index is 581. The molecule has 2 rings (SSSR count).